The van der Waals surface area contributed by atoms with Crippen LogP contribution in [0.15, 0.2) is 23.2 Å². The molecule has 0 radical (unpaired) electrons. The number of anilines is 1. The van der Waals surface area contributed by atoms with Crippen LogP contribution in [0.5, 0.6) is 0 Å². The summed E-state index contributed by atoms with van der Waals surface area (Å²) in [6, 6.07) is 5.47. The molecule has 0 bridgehead atoms. The molecule has 1 aromatic rings. The van der Waals surface area contributed by atoms with Crippen LogP contribution in [0.4, 0.5) is 14.9 Å². The number of likely N-dealkylation sites (N-methyl/N-ethyl adjacent to an activating group) is 1. The number of halogens is 2. The molecule has 2 fully saturated rings. The van der Waals surface area contributed by atoms with E-state index in [1.807, 2.05) is 12.1 Å². The topological polar surface area (TPSA) is 86.4 Å². The molecule has 0 atom stereocenters. The SMILES string of the molecule is CCOC(=O)N1CCC(NC(N)=NCc2ccc(N3CCN(CC)CC3)c(F)c2)CC1.I. The van der Waals surface area contributed by atoms with Gasteiger partial charge in [0.25, 0.3) is 0 Å². The molecule has 2 aliphatic heterocycles. The number of likely N-dealkylation sites (tertiary alicyclic amines) is 1. The van der Waals surface area contributed by atoms with Crippen molar-refractivity contribution in [2.45, 2.75) is 39.3 Å². The number of piperazine rings is 1. The summed E-state index contributed by atoms with van der Waals surface area (Å²) >= 11 is 0. The molecule has 0 spiro atoms. The summed E-state index contributed by atoms with van der Waals surface area (Å²) in [4.78, 5) is 22.3. The maximum Gasteiger partial charge on any atom is 0.409 e. The lowest BCUT2D eigenvalue weighted by molar-refractivity contribution is 0.0963. The molecule has 32 heavy (non-hydrogen) atoms. The Balaban J connectivity index is 0.00000363. The molecule has 10 heteroatoms. The van der Waals surface area contributed by atoms with Crippen LogP contribution in [-0.2, 0) is 11.3 Å². The van der Waals surface area contributed by atoms with E-state index in [4.69, 9.17) is 10.5 Å². The lowest BCUT2D eigenvalue weighted by Gasteiger charge is -2.35. The van der Waals surface area contributed by atoms with Crippen LogP contribution in [-0.4, -0.2) is 80.3 Å². The number of hydrogen-bond donors (Lipinski definition) is 2. The summed E-state index contributed by atoms with van der Waals surface area (Å²) in [6.45, 7) is 10.6. The Kier molecular flexibility index (Phi) is 10.8. The van der Waals surface area contributed by atoms with Crippen molar-refractivity contribution in [1.29, 1.82) is 0 Å². The van der Waals surface area contributed by atoms with Crippen LogP contribution in [0, 0.1) is 5.82 Å². The van der Waals surface area contributed by atoms with Crippen molar-refractivity contribution >= 4 is 41.7 Å². The van der Waals surface area contributed by atoms with Gasteiger partial charge in [0.1, 0.15) is 5.82 Å². The molecule has 180 valence electrons. The van der Waals surface area contributed by atoms with E-state index in [0.29, 0.717) is 37.9 Å². The smallest absolute Gasteiger partial charge is 0.409 e. The lowest BCUT2D eigenvalue weighted by Crippen LogP contribution is -2.48. The lowest BCUT2D eigenvalue weighted by atomic mass is 10.1. The number of hydrogen-bond acceptors (Lipinski definition) is 5. The van der Waals surface area contributed by atoms with Gasteiger partial charge in [-0.25, -0.2) is 14.2 Å². The van der Waals surface area contributed by atoms with Crippen LogP contribution >= 0.6 is 24.0 Å². The second-order valence-corrected chi connectivity index (χ2v) is 8.01. The first-order valence-corrected chi connectivity index (χ1v) is 11.2. The Hall–Kier alpha value is -1.82. The minimum absolute atomic E-state index is 0. The number of benzene rings is 1. The Morgan fingerprint density at radius 1 is 1.19 bits per heavy atom. The van der Waals surface area contributed by atoms with Gasteiger partial charge in [-0.1, -0.05) is 13.0 Å². The zero-order valence-corrected chi connectivity index (χ0v) is 21.4. The van der Waals surface area contributed by atoms with Crippen molar-refractivity contribution in [1.82, 2.24) is 15.1 Å². The zero-order valence-electron chi connectivity index (χ0n) is 19.1. The van der Waals surface area contributed by atoms with Gasteiger partial charge in [0, 0.05) is 45.3 Å². The Morgan fingerprint density at radius 3 is 2.47 bits per heavy atom. The number of nitrogens with two attached hydrogens (primary N) is 1. The van der Waals surface area contributed by atoms with Gasteiger partial charge in [0.15, 0.2) is 5.96 Å². The van der Waals surface area contributed by atoms with Crippen LogP contribution in [0.25, 0.3) is 0 Å². The first kappa shape index (κ1) is 26.4. The standard InChI is InChI=1S/C22H35FN6O2.HI/c1-3-27-11-13-28(14-12-27)20-6-5-17(15-19(20)23)16-25-21(24)26-18-7-9-29(10-8-18)22(30)31-4-2;/h5-6,15,18H,3-4,7-14,16H2,1-2H3,(H3,24,25,26);1H. The summed E-state index contributed by atoms with van der Waals surface area (Å²) in [5.41, 5.74) is 7.48. The third kappa shape index (κ3) is 7.36. The molecule has 0 saturated carbocycles. The molecule has 8 nitrogen and oxygen atoms in total. The maximum absolute atomic E-state index is 14.7. The van der Waals surface area contributed by atoms with E-state index in [1.54, 1.807) is 17.9 Å². The van der Waals surface area contributed by atoms with Crippen LogP contribution in [0.2, 0.25) is 0 Å². The molecular formula is C22H36FIN6O2. The number of amides is 1. The highest BCUT2D eigenvalue weighted by molar-refractivity contribution is 14.0. The predicted octanol–water partition coefficient (Wildman–Crippen LogP) is 2.61. The van der Waals surface area contributed by atoms with E-state index in [0.717, 1.165) is 51.1 Å². The van der Waals surface area contributed by atoms with E-state index in [1.165, 1.54) is 0 Å². The molecule has 0 aliphatic carbocycles. The van der Waals surface area contributed by atoms with Crippen molar-refractivity contribution < 1.29 is 13.9 Å². The van der Waals surface area contributed by atoms with E-state index in [9.17, 15) is 9.18 Å². The number of aliphatic imine (C=N–C) groups is 1. The zero-order chi connectivity index (χ0) is 22.2. The number of nitrogens with one attached hydrogen (secondary N) is 1. The minimum atomic E-state index is -0.264. The quantitative estimate of drug-likeness (QED) is 0.315. The molecule has 1 amide bonds. The van der Waals surface area contributed by atoms with Gasteiger partial charge >= 0.3 is 6.09 Å². The number of piperidine rings is 1. The fraction of sp³-hybridized carbons (Fsp3) is 0.636. The molecular weight excluding hydrogens is 526 g/mol. The number of rotatable bonds is 6. The molecule has 2 saturated heterocycles. The van der Waals surface area contributed by atoms with Crippen LogP contribution < -0.4 is 16.0 Å². The first-order chi connectivity index (χ1) is 15.0. The Morgan fingerprint density at radius 2 is 1.88 bits per heavy atom. The second kappa shape index (κ2) is 13.0. The van der Waals surface area contributed by atoms with Gasteiger partial charge < -0.3 is 30.5 Å². The van der Waals surface area contributed by atoms with E-state index < -0.39 is 0 Å². The predicted molar refractivity (Wildman–Crippen MR) is 136 cm³/mol. The third-order valence-corrected chi connectivity index (χ3v) is 5.98. The van der Waals surface area contributed by atoms with Crippen LogP contribution in [0.1, 0.15) is 32.3 Å². The largest absolute Gasteiger partial charge is 0.450 e. The van der Waals surface area contributed by atoms with Gasteiger partial charge in [-0.2, -0.15) is 0 Å². The molecule has 1 aromatic carbocycles. The number of carbonyl (C=O) groups is 1. The monoisotopic (exact) mass is 562 g/mol. The fourth-order valence-corrected chi connectivity index (χ4v) is 4.06. The van der Waals surface area contributed by atoms with Crippen molar-refractivity contribution in [3.05, 3.63) is 29.6 Å². The first-order valence-electron chi connectivity index (χ1n) is 11.2. The molecule has 3 N–H and O–H groups in total. The van der Waals surface area contributed by atoms with Gasteiger partial charge in [-0.15, -0.1) is 24.0 Å². The van der Waals surface area contributed by atoms with Crippen molar-refractivity contribution in [3.8, 4) is 0 Å². The number of nitrogens with zero attached hydrogens (tertiary/aromatic N) is 4. The summed E-state index contributed by atoms with van der Waals surface area (Å²) in [6.07, 6.45) is 1.30. The Labute approximate surface area is 207 Å². The Bertz CT molecular complexity index is 765. The molecule has 2 aliphatic rings. The summed E-state index contributed by atoms with van der Waals surface area (Å²) in [5.74, 6) is 0.130. The second-order valence-electron chi connectivity index (χ2n) is 8.01. The van der Waals surface area contributed by atoms with Crippen molar-refractivity contribution in [2.24, 2.45) is 10.7 Å². The normalized spacial score (nSPS) is 18.3. The van der Waals surface area contributed by atoms with Crippen LogP contribution in [0.3, 0.4) is 0 Å². The summed E-state index contributed by atoms with van der Waals surface area (Å²) < 4.78 is 19.7. The number of carbonyl (C=O) groups excluding carboxylic acids is 1. The highest BCUT2D eigenvalue weighted by atomic mass is 127. The average Bonchev–Trinajstić information content (AvgIpc) is 2.78. The number of guanidine groups is 1. The maximum atomic E-state index is 14.7. The molecule has 0 unspecified atom stereocenters. The third-order valence-electron chi connectivity index (χ3n) is 5.98. The summed E-state index contributed by atoms with van der Waals surface area (Å²) in [7, 11) is 0. The molecule has 0 aromatic heterocycles. The van der Waals surface area contributed by atoms with Gasteiger partial charge in [0.2, 0.25) is 0 Å². The summed E-state index contributed by atoms with van der Waals surface area (Å²) in [5, 5.41) is 3.21. The van der Waals surface area contributed by atoms with E-state index in [-0.39, 0.29) is 41.9 Å². The van der Waals surface area contributed by atoms with Crippen molar-refractivity contribution in [3.63, 3.8) is 0 Å². The minimum Gasteiger partial charge on any atom is -0.450 e. The van der Waals surface area contributed by atoms with Gasteiger partial charge in [0.05, 0.1) is 18.8 Å². The van der Waals surface area contributed by atoms with E-state index >= 15 is 0 Å². The molecule has 2 heterocycles. The number of ether oxygens (including phenoxy) is 1. The molecule has 3 rings (SSSR count). The van der Waals surface area contributed by atoms with Gasteiger partial charge in [-0.3, -0.25) is 0 Å². The van der Waals surface area contributed by atoms with Gasteiger partial charge in [-0.05, 0) is 44.0 Å². The fourth-order valence-electron chi connectivity index (χ4n) is 4.06. The van der Waals surface area contributed by atoms with E-state index in [2.05, 4.69) is 27.0 Å². The van der Waals surface area contributed by atoms with Crippen molar-refractivity contribution in [2.75, 3.05) is 57.3 Å². The highest BCUT2D eigenvalue weighted by Gasteiger charge is 2.23. The average molecular weight is 562 g/mol. The highest BCUT2D eigenvalue weighted by Crippen LogP contribution is 2.22.